The zero-order valence-corrected chi connectivity index (χ0v) is 10.2. The lowest BCUT2D eigenvalue weighted by Gasteiger charge is -2.23. The highest BCUT2D eigenvalue weighted by molar-refractivity contribution is 5.87. The Kier molecular flexibility index (Phi) is 4.52. The smallest absolute Gasteiger partial charge is 0.335 e. The molecule has 0 aliphatic carbocycles. The van der Waals surface area contributed by atoms with Crippen LogP contribution in [0.5, 0.6) is 0 Å². The second-order valence-corrected chi connectivity index (χ2v) is 4.48. The van der Waals surface area contributed by atoms with E-state index < -0.39 is 11.6 Å². The van der Waals surface area contributed by atoms with E-state index in [4.69, 9.17) is 5.11 Å². The Morgan fingerprint density at radius 1 is 1.35 bits per heavy atom. The number of hydrogen-bond donors (Lipinski definition) is 3. The van der Waals surface area contributed by atoms with E-state index in [1.807, 2.05) is 6.92 Å². The van der Waals surface area contributed by atoms with Gasteiger partial charge in [-0.2, -0.15) is 0 Å². The van der Waals surface area contributed by atoms with E-state index in [1.54, 1.807) is 31.2 Å². The van der Waals surface area contributed by atoms with Gasteiger partial charge in [0.05, 0.1) is 11.2 Å². The van der Waals surface area contributed by atoms with E-state index in [1.165, 1.54) is 0 Å². The van der Waals surface area contributed by atoms with Crippen LogP contribution in [0.25, 0.3) is 0 Å². The molecule has 1 rings (SSSR count). The highest BCUT2D eigenvalue weighted by Gasteiger charge is 2.18. The SMILES string of the molecule is CCCC(C)(O)CNc1ccc(C(=O)O)cc1. The van der Waals surface area contributed by atoms with E-state index in [2.05, 4.69) is 5.32 Å². The molecule has 4 nitrogen and oxygen atoms in total. The van der Waals surface area contributed by atoms with E-state index >= 15 is 0 Å². The highest BCUT2D eigenvalue weighted by Crippen LogP contribution is 2.15. The second kappa shape index (κ2) is 5.68. The van der Waals surface area contributed by atoms with Gasteiger partial charge in [-0.05, 0) is 37.6 Å². The van der Waals surface area contributed by atoms with Gasteiger partial charge in [0.25, 0.3) is 0 Å². The van der Waals surface area contributed by atoms with Gasteiger partial charge in [0.1, 0.15) is 0 Å². The van der Waals surface area contributed by atoms with Crippen molar-refractivity contribution in [2.45, 2.75) is 32.3 Å². The number of aromatic carboxylic acids is 1. The minimum atomic E-state index is -0.936. The molecule has 1 unspecified atom stereocenters. The summed E-state index contributed by atoms with van der Waals surface area (Å²) >= 11 is 0. The summed E-state index contributed by atoms with van der Waals surface area (Å²) in [5.74, 6) is -0.936. The first-order valence-corrected chi connectivity index (χ1v) is 5.74. The Labute approximate surface area is 101 Å². The van der Waals surface area contributed by atoms with Crippen molar-refractivity contribution in [2.24, 2.45) is 0 Å². The third-order valence-corrected chi connectivity index (χ3v) is 2.59. The van der Waals surface area contributed by atoms with Gasteiger partial charge in [-0.25, -0.2) is 4.79 Å². The van der Waals surface area contributed by atoms with Crippen LogP contribution in [0.2, 0.25) is 0 Å². The Hall–Kier alpha value is -1.55. The number of anilines is 1. The minimum absolute atomic E-state index is 0.260. The normalized spacial score (nSPS) is 14.1. The third-order valence-electron chi connectivity index (χ3n) is 2.59. The largest absolute Gasteiger partial charge is 0.478 e. The summed E-state index contributed by atoms with van der Waals surface area (Å²) < 4.78 is 0. The molecule has 0 aliphatic rings. The highest BCUT2D eigenvalue weighted by atomic mass is 16.4. The van der Waals surface area contributed by atoms with E-state index in [-0.39, 0.29) is 5.56 Å². The number of carboxylic acid groups (broad SMARTS) is 1. The van der Waals surface area contributed by atoms with Crippen LogP contribution in [-0.2, 0) is 0 Å². The molecule has 3 N–H and O–H groups in total. The van der Waals surface area contributed by atoms with Gasteiger partial charge >= 0.3 is 5.97 Å². The van der Waals surface area contributed by atoms with Crippen molar-refractivity contribution in [3.8, 4) is 0 Å². The maximum atomic E-state index is 10.7. The maximum Gasteiger partial charge on any atom is 0.335 e. The monoisotopic (exact) mass is 237 g/mol. The molecular formula is C13H19NO3. The average molecular weight is 237 g/mol. The van der Waals surface area contributed by atoms with E-state index in [0.717, 1.165) is 18.5 Å². The molecule has 1 aromatic carbocycles. The van der Waals surface area contributed by atoms with Crippen molar-refractivity contribution < 1.29 is 15.0 Å². The first-order valence-electron chi connectivity index (χ1n) is 5.74. The van der Waals surface area contributed by atoms with Crippen molar-refractivity contribution >= 4 is 11.7 Å². The van der Waals surface area contributed by atoms with Crippen LogP contribution >= 0.6 is 0 Å². The summed E-state index contributed by atoms with van der Waals surface area (Å²) in [4.78, 5) is 10.7. The van der Waals surface area contributed by atoms with Crippen LogP contribution in [0.1, 0.15) is 37.0 Å². The van der Waals surface area contributed by atoms with Gasteiger partial charge in [-0.3, -0.25) is 0 Å². The molecule has 0 heterocycles. The summed E-state index contributed by atoms with van der Waals surface area (Å²) in [5, 5.41) is 21.8. The lowest BCUT2D eigenvalue weighted by molar-refractivity contribution is 0.0635. The molecule has 0 radical (unpaired) electrons. The van der Waals surface area contributed by atoms with Crippen LogP contribution in [0.4, 0.5) is 5.69 Å². The molecule has 0 bridgehead atoms. The van der Waals surface area contributed by atoms with Gasteiger partial charge in [0.15, 0.2) is 0 Å². The molecule has 0 aliphatic heterocycles. The third kappa shape index (κ3) is 4.44. The van der Waals surface area contributed by atoms with Crippen molar-refractivity contribution in [3.63, 3.8) is 0 Å². The zero-order valence-electron chi connectivity index (χ0n) is 10.2. The first-order chi connectivity index (χ1) is 7.94. The van der Waals surface area contributed by atoms with Crippen LogP contribution in [0, 0.1) is 0 Å². The maximum absolute atomic E-state index is 10.7. The van der Waals surface area contributed by atoms with Gasteiger partial charge in [0.2, 0.25) is 0 Å². The fourth-order valence-corrected chi connectivity index (χ4v) is 1.65. The number of nitrogens with one attached hydrogen (secondary N) is 1. The molecule has 0 amide bonds. The summed E-state index contributed by atoms with van der Waals surface area (Å²) in [6, 6.07) is 6.48. The summed E-state index contributed by atoms with van der Waals surface area (Å²) in [6.07, 6.45) is 1.65. The molecule has 0 fully saturated rings. The Balaban J connectivity index is 2.55. The minimum Gasteiger partial charge on any atom is -0.478 e. The predicted molar refractivity (Wildman–Crippen MR) is 67.4 cm³/mol. The first kappa shape index (κ1) is 13.5. The molecule has 0 spiro atoms. The zero-order chi connectivity index (χ0) is 12.9. The fourth-order valence-electron chi connectivity index (χ4n) is 1.65. The average Bonchev–Trinajstić information content (AvgIpc) is 2.27. The quantitative estimate of drug-likeness (QED) is 0.710. The Morgan fingerprint density at radius 2 is 1.94 bits per heavy atom. The van der Waals surface area contributed by atoms with Gasteiger partial charge in [-0.1, -0.05) is 13.3 Å². The van der Waals surface area contributed by atoms with Gasteiger partial charge < -0.3 is 15.5 Å². The molecule has 1 atom stereocenters. The van der Waals surface area contributed by atoms with Gasteiger partial charge in [0, 0.05) is 12.2 Å². The van der Waals surface area contributed by atoms with Crippen LogP contribution in [0.15, 0.2) is 24.3 Å². The number of hydrogen-bond acceptors (Lipinski definition) is 3. The molecule has 0 aromatic heterocycles. The summed E-state index contributed by atoms with van der Waals surface area (Å²) in [6.45, 7) is 4.26. The van der Waals surface area contributed by atoms with E-state index in [9.17, 15) is 9.90 Å². The fraction of sp³-hybridized carbons (Fsp3) is 0.462. The van der Waals surface area contributed by atoms with Crippen LogP contribution in [-0.4, -0.2) is 28.3 Å². The van der Waals surface area contributed by atoms with Crippen molar-refractivity contribution in [2.75, 3.05) is 11.9 Å². The Bertz CT molecular complexity index is 371. The topological polar surface area (TPSA) is 69.6 Å². The van der Waals surface area contributed by atoms with Crippen molar-refractivity contribution in [3.05, 3.63) is 29.8 Å². The molecule has 0 saturated heterocycles. The van der Waals surface area contributed by atoms with Crippen molar-refractivity contribution in [1.82, 2.24) is 0 Å². The number of carboxylic acids is 1. The number of rotatable bonds is 6. The number of carbonyl (C=O) groups is 1. The molecule has 94 valence electrons. The standard InChI is InChI=1S/C13H19NO3/c1-3-8-13(2,17)9-14-11-6-4-10(5-7-11)12(15)16/h4-7,14,17H,3,8-9H2,1-2H3,(H,15,16). The van der Waals surface area contributed by atoms with Crippen LogP contribution in [0.3, 0.4) is 0 Å². The predicted octanol–water partition coefficient (Wildman–Crippen LogP) is 2.35. The molecule has 1 aromatic rings. The van der Waals surface area contributed by atoms with E-state index in [0.29, 0.717) is 6.54 Å². The number of benzene rings is 1. The van der Waals surface area contributed by atoms with Gasteiger partial charge in [-0.15, -0.1) is 0 Å². The second-order valence-electron chi connectivity index (χ2n) is 4.48. The molecule has 0 saturated carbocycles. The summed E-state index contributed by atoms with van der Waals surface area (Å²) in [5.41, 5.74) is 0.336. The number of aliphatic hydroxyl groups is 1. The lowest BCUT2D eigenvalue weighted by Crippen LogP contribution is -2.33. The molecule has 17 heavy (non-hydrogen) atoms. The van der Waals surface area contributed by atoms with Crippen LogP contribution < -0.4 is 5.32 Å². The lowest BCUT2D eigenvalue weighted by atomic mass is 10.0. The molecule has 4 heteroatoms. The summed E-state index contributed by atoms with van der Waals surface area (Å²) in [7, 11) is 0. The molecular weight excluding hydrogens is 218 g/mol. The van der Waals surface area contributed by atoms with Crippen molar-refractivity contribution in [1.29, 1.82) is 0 Å². The Morgan fingerprint density at radius 3 is 2.41 bits per heavy atom.